The minimum atomic E-state index is -0.285. The van der Waals surface area contributed by atoms with Crippen molar-refractivity contribution < 1.29 is 58.7 Å². The zero-order valence-electron chi connectivity index (χ0n) is 94.8. The number of hydrogen-bond donors (Lipinski definition) is 4. The van der Waals surface area contributed by atoms with Gasteiger partial charge < -0.3 is 29.9 Å². The molecule has 0 aromatic rings. The van der Waals surface area contributed by atoms with Crippen LogP contribution in [-0.2, 0) is 38.2 Å². The van der Waals surface area contributed by atoms with Crippen LogP contribution in [0.4, 0.5) is 0 Å². The summed E-state index contributed by atoms with van der Waals surface area (Å²) in [5.41, 5.74) is 6.04. The van der Waals surface area contributed by atoms with Crippen molar-refractivity contribution >= 4 is 34.7 Å². The first kappa shape index (κ1) is 123. The Morgan fingerprint density at radius 3 is 1.00 bits per heavy atom. The predicted octanol–water partition coefficient (Wildman–Crippen LogP) is 33.4. The van der Waals surface area contributed by atoms with E-state index in [1.54, 1.807) is 12.5 Å². The maximum atomic E-state index is 12.3. The topological polar surface area (TPSA) is 205 Å². The summed E-state index contributed by atoms with van der Waals surface area (Å²) in [5.74, 6) is 24.8. The Morgan fingerprint density at radius 1 is 0.309 bits per heavy atom. The molecule has 4 N–H and O–H groups in total. The fourth-order valence-corrected chi connectivity index (χ4v) is 47.4. The van der Waals surface area contributed by atoms with E-state index in [9.17, 15) is 44.1 Å². The maximum Gasteiger partial charge on any atom is 0.133 e. The number of hydrogen-bond acceptors (Lipinski definition) is 12. The smallest absolute Gasteiger partial charge is 0.133 e. The molecule has 854 valence electrons. The molecule has 23 fully saturated rings. The molecular weight excluding hydrogens is 1840 g/mol. The van der Waals surface area contributed by atoms with Gasteiger partial charge in [-0.25, -0.2) is 0 Å². The second-order valence-corrected chi connectivity index (χ2v) is 59.8. The van der Waals surface area contributed by atoms with Crippen molar-refractivity contribution in [2.75, 3.05) is 13.2 Å². The van der Waals surface area contributed by atoms with Crippen molar-refractivity contribution in [3.8, 4) is 0 Å². The van der Waals surface area contributed by atoms with Crippen molar-refractivity contribution in [3.63, 3.8) is 0 Å². The standard InChI is InChI=1S/C23H38O3.C22H36O.C21H32O2.C21H34O2.C21H32O2.C21H32O.C2H6O.6CH4/c1-5-26-21-13-23(4)15(12-20(21)25)6-7-16-18-9-8-17(14(2)24)22(18,3)11-10-19(16)23;1-14-9-11-21(3)16(13-14)5-6-17-19-8-7-18(15(2)23)22(19,4)12-10-20(17)21;1-12(22)15-6-7-16-14-5-4-13-10-18-19(23-18)11-21(13,3)17(14)8-9-20(15,16)2;2*1-13(22)17-6-7-18-16-5-4-14-12-15(23)8-10-20(14,2)19(16)9-11-21(17,18)3;1-14(22)17-9-10-18-16-8-7-15-6-4-5-12-20(15,2)19(16)11-13-21(17,18)3;1-2-3;;;;;;/h15-21,25H,5-13H2,1-4H3;14,16-20H,5-13H2,1-4H3;13-19H,4-11H2,1-3H3;14-19,23H,4-12H2,1-3H3;4,15-19,23H,5-12H2,1-3H3;4-5,15-19H,6-13H2,1-3H3;3H,2H2,1H3;6*1H4/t15-,16-,17+,18-,19-,20-,21-,22+,23-;14-,16-,17-,18+,19-,20-,21-,22+;13-,14-,15+,16-,17-,18-,19+,20+,21-;14-,15-,16-,17+,18-,19-,20-,21+;15-,16-,17+,18-,19-,20-,21+;15-,16+,17-,18+,19+,20+,21-;;;;;;;/m000001......./s1. The van der Waals surface area contributed by atoms with Gasteiger partial charge in [-0.2, -0.15) is 0 Å². The van der Waals surface area contributed by atoms with Crippen LogP contribution < -0.4 is 0 Å². The molecule has 1 saturated heterocycles. The van der Waals surface area contributed by atoms with Crippen LogP contribution in [0.15, 0.2) is 23.8 Å². The molecule has 12 heteroatoms. The average molecular weight is 2070 g/mol. The van der Waals surface area contributed by atoms with Crippen molar-refractivity contribution in [2.45, 2.75) is 548 Å². The van der Waals surface area contributed by atoms with Crippen molar-refractivity contribution in [2.24, 2.45) is 243 Å². The highest BCUT2D eigenvalue weighted by Gasteiger charge is 2.70. The summed E-state index contributed by atoms with van der Waals surface area (Å²) in [6.45, 7) is 48.2. The van der Waals surface area contributed by atoms with E-state index in [0.717, 1.165) is 207 Å². The SMILES string of the molecule is C.C.C.C.C.C.CC(=O)[C@H]1CC[C@H]2[C@@H]3CC=C4C[C@@H](O)CC[C@]4(C)[C@H]3CC[C@]12C.CC(=O)[C@H]1CC[C@H]2[C@@H]3CC[C@H]4CC=CC[C@]4(C)[C@H]3CC[C@]12C.CC(=O)[C@H]1CC[C@H]2[C@@H]3CC[C@H]4C[C@@H](C)CC[C@]4(C)[C@H]3CC[C@]12C.CC(=O)[C@H]1CC[C@H]2[C@@H]3CC[C@H]4C[C@@H](O)CC[C@]4(C)[C@H]3CC[C@]12C.CC(=O)[C@H]1CC[C@H]2[C@@H]3CC[C@H]4C[C@@H]5O[C@@H]5C[C@]4(C)[C@H]3CC[C@]12C.CCO.CCO[C@H]1C[C@@]2(C)[C@@H](CC[C@@H]3[C@@H]2CC[C@]2(C)[C@@H](C(C)=O)CC[C@@H]32)C[C@@H]1O. The molecule has 0 aromatic heterocycles. The molecule has 25 aliphatic rings. The minimum absolute atomic E-state index is 0. The third-order valence-corrected chi connectivity index (χ3v) is 54.8. The number of aliphatic hydroxyl groups is 4. The summed E-state index contributed by atoms with van der Waals surface area (Å²) < 4.78 is 11.9. The quantitative estimate of drug-likeness (QED) is 0.132. The first-order valence-corrected chi connectivity index (χ1v) is 62.0. The van der Waals surface area contributed by atoms with E-state index < -0.39 is 0 Å². The van der Waals surface area contributed by atoms with Gasteiger partial charge in [0.15, 0.2) is 0 Å². The number of allylic oxidation sites excluding steroid dienone is 3. The molecule has 0 radical (unpaired) electrons. The van der Waals surface area contributed by atoms with E-state index in [1.807, 2.05) is 48.5 Å². The third-order valence-electron chi connectivity index (χ3n) is 54.8. The fourth-order valence-electron chi connectivity index (χ4n) is 47.4. The van der Waals surface area contributed by atoms with E-state index in [1.165, 1.54) is 250 Å². The lowest BCUT2D eigenvalue weighted by atomic mass is 9.44. The van der Waals surface area contributed by atoms with Gasteiger partial charge >= 0.3 is 0 Å². The van der Waals surface area contributed by atoms with Gasteiger partial charge in [-0.15, -0.1) is 0 Å². The summed E-state index contributed by atoms with van der Waals surface area (Å²) in [5, 5.41) is 38.3. The van der Waals surface area contributed by atoms with Crippen LogP contribution in [0.1, 0.15) is 511 Å². The van der Waals surface area contributed by atoms with Crippen LogP contribution in [0.5, 0.6) is 0 Å². The van der Waals surface area contributed by atoms with Gasteiger partial charge in [-0.1, -0.05) is 165 Å². The number of carbonyl (C=O) groups is 6. The van der Waals surface area contributed by atoms with Crippen molar-refractivity contribution in [1.29, 1.82) is 0 Å². The molecule has 48 atom stereocenters. The Morgan fingerprint density at radius 2 is 0.617 bits per heavy atom. The summed E-state index contributed by atoms with van der Waals surface area (Å²) in [4.78, 5) is 73.1. The van der Waals surface area contributed by atoms with Crippen molar-refractivity contribution in [1.82, 2.24) is 0 Å². The zero-order chi connectivity index (χ0) is 102. The molecule has 0 amide bonds. The van der Waals surface area contributed by atoms with Crippen LogP contribution >= 0.6 is 0 Å². The molecule has 12 nitrogen and oxygen atoms in total. The van der Waals surface area contributed by atoms with Crippen LogP contribution in [0, 0.1) is 243 Å². The van der Waals surface area contributed by atoms with Crippen LogP contribution in [-0.4, -0.2) is 105 Å². The Hall–Kier alpha value is -2.74. The number of ether oxygens (including phenoxy) is 2. The van der Waals surface area contributed by atoms with E-state index in [0.29, 0.717) is 144 Å². The molecule has 22 saturated carbocycles. The average Bonchev–Trinajstić information content (AvgIpc) is 1.43. The van der Waals surface area contributed by atoms with E-state index in [4.69, 9.17) is 14.6 Å². The van der Waals surface area contributed by atoms with Crippen LogP contribution in [0.3, 0.4) is 0 Å². The van der Waals surface area contributed by atoms with Gasteiger partial charge in [0.05, 0.1) is 36.6 Å². The molecule has 1 heterocycles. The van der Waals surface area contributed by atoms with E-state index >= 15 is 0 Å². The number of aliphatic hydroxyl groups excluding tert-OH is 4. The maximum absolute atomic E-state index is 12.3. The Bertz CT molecular complexity index is 4540. The normalized spacial score (nSPS) is 51.9. The Kier molecular flexibility index (Phi) is 38.4. The predicted molar refractivity (Wildman–Crippen MR) is 615 cm³/mol. The lowest BCUT2D eigenvalue weighted by Gasteiger charge is -2.61. The van der Waals surface area contributed by atoms with Gasteiger partial charge in [0.2, 0.25) is 0 Å². The third kappa shape index (κ3) is 20.8. The number of rotatable bonds is 8. The lowest BCUT2D eigenvalue weighted by molar-refractivity contribution is -0.171. The van der Waals surface area contributed by atoms with E-state index in [-0.39, 0.29) is 91.8 Å². The van der Waals surface area contributed by atoms with Gasteiger partial charge in [0, 0.05) is 48.7 Å². The number of epoxide rings is 1. The summed E-state index contributed by atoms with van der Waals surface area (Å²) >= 11 is 0. The number of ketones is 6. The molecule has 149 heavy (non-hydrogen) atoms. The summed E-state index contributed by atoms with van der Waals surface area (Å²) in [6, 6.07) is 0. The van der Waals surface area contributed by atoms with Gasteiger partial charge in [-0.3, -0.25) is 28.8 Å². The Labute approximate surface area is 914 Å². The second kappa shape index (κ2) is 46.4. The van der Waals surface area contributed by atoms with Crippen molar-refractivity contribution in [3.05, 3.63) is 23.8 Å². The zero-order valence-corrected chi connectivity index (χ0v) is 94.8. The first-order valence-electron chi connectivity index (χ1n) is 62.0. The molecule has 0 unspecified atom stereocenters. The minimum Gasteiger partial charge on any atom is -0.397 e. The van der Waals surface area contributed by atoms with Gasteiger partial charge in [-0.05, 0) is 577 Å². The first-order chi connectivity index (χ1) is 67.7. The van der Waals surface area contributed by atoms with Gasteiger partial charge in [0.25, 0.3) is 0 Å². The molecule has 0 spiro atoms. The summed E-state index contributed by atoms with van der Waals surface area (Å²) in [6.07, 6.45) is 71.4. The van der Waals surface area contributed by atoms with Gasteiger partial charge in [0.1, 0.15) is 34.7 Å². The number of carbonyl (C=O) groups excluding carboxylic acids is 6. The molecule has 0 aromatic carbocycles. The number of Topliss-reactive ketones (excluding diaryl/α,β-unsaturated/α-hetero) is 6. The fraction of sp³-hybridized carbons (Fsp3) is 0.927. The highest BCUT2D eigenvalue weighted by molar-refractivity contribution is 5.82. The molecule has 0 bridgehead atoms. The largest absolute Gasteiger partial charge is 0.397 e. The van der Waals surface area contributed by atoms with Crippen LogP contribution in [0.25, 0.3) is 0 Å². The molecule has 25 rings (SSSR count). The molecule has 24 aliphatic carbocycles. The highest BCUT2D eigenvalue weighted by Crippen LogP contribution is 2.76. The summed E-state index contributed by atoms with van der Waals surface area (Å²) in [7, 11) is 0. The van der Waals surface area contributed by atoms with Crippen LogP contribution in [0.2, 0.25) is 0 Å². The highest BCUT2D eigenvalue weighted by atomic mass is 16.6. The molecular formula is C137H234O12. The molecule has 1 aliphatic heterocycles. The number of fused-ring (bicyclic) bond motifs is 31. The second-order valence-electron chi connectivity index (χ2n) is 59.8. The monoisotopic (exact) mass is 2070 g/mol. The lowest BCUT2D eigenvalue weighted by Crippen LogP contribution is -2.57. The van der Waals surface area contributed by atoms with E-state index in [2.05, 4.69) is 108 Å². The Balaban J connectivity index is 0.000000147.